The summed E-state index contributed by atoms with van der Waals surface area (Å²) in [6.45, 7) is 0.501. The van der Waals surface area contributed by atoms with Crippen LogP contribution in [0, 0.1) is 5.82 Å². The maximum atomic E-state index is 14.0. The molecule has 0 heterocycles. The van der Waals surface area contributed by atoms with Crippen LogP contribution in [0.2, 0.25) is 0 Å². The summed E-state index contributed by atoms with van der Waals surface area (Å²) in [5.41, 5.74) is 2.21. The summed E-state index contributed by atoms with van der Waals surface area (Å²) in [4.78, 5) is 0. The van der Waals surface area contributed by atoms with Crippen LogP contribution in [0.1, 0.15) is 5.56 Å². The molecule has 0 saturated carbocycles. The maximum absolute atomic E-state index is 14.0. The summed E-state index contributed by atoms with van der Waals surface area (Å²) in [6.07, 6.45) is 0. The van der Waals surface area contributed by atoms with Gasteiger partial charge < -0.3 is 14.8 Å². The molecule has 4 heteroatoms. The Bertz CT molecular complexity index is 599. The quantitative estimate of drug-likeness (QED) is 0.908. The largest absolute Gasteiger partial charge is 0.493 e. The van der Waals surface area contributed by atoms with Crippen LogP contribution in [-0.2, 0) is 6.54 Å². The summed E-state index contributed by atoms with van der Waals surface area (Å²) in [6, 6.07) is 10.7. The fourth-order valence-electron chi connectivity index (χ4n) is 2.16. The molecule has 0 spiro atoms. The second kappa shape index (κ2) is 6.39. The number of rotatable bonds is 5. The van der Waals surface area contributed by atoms with Crippen LogP contribution in [0.25, 0.3) is 11.1 Å². The van der Waals surface area contributed by atoms with Gasteiger partial charge in [0.2, 0.25) is 0 Å². The zero-order valence-electron chi connectivity index (χ0n) is 11.9. The van der Waals surface area contributed by atoms with Gasteiger partial charge in [-0.15, -0.1) is 0 Å². The normalized spacial score (nSPS) is 10.4. The van der Waals surface area contributed by atoms with E-state index >= 15 is 0 Å². The van der Waals surface area contributed by atoms with Gasteiger partial charge in [0.05, 0.1) is 14.2 Å². The predicted molar refractivity (Wildman–Crippen MR) is 77.7 cm³/mol. The minimum Gasteiger partial charge on any atom is -0.493 e. The first kappa shape index (κ1) is 14.3. The summed E-state index contributed by atoms with van der Waals surface area (Å²) >= 11 is 0. The lowest BCUT2D eigenvalue weighted by molar-refractivity contribution is 0.356. The number of benzene rings is 2. The lowest BCUT2D eigenvalue weighted by Gasteiger charge is -2.13. The zero-order chi connectivity index (χ0) is 14.5. The van der Waals surface area contributed by atoms with E-state index in [-0.39, 0.29) is 5.82 Å². The molecule has 0 aliphatic carbocycles. The molecule has 20 heavy (non-hydrogen) atoms. The molecule has 0 unspecified atom stereocenters. The van der Waals surface area contributed by atoms with E-state index in [2.05, 4.69) is 5.32 Å². The fraction of sp³-hybridized carbons (Fsp3) is 0.250. The predicted octanol–water partition coefficient (Wildman–Crippen LogP) is 3.23. The van der Waals surface area contributed by atoms with E-state index in [0.717, 1.165) is 11.1 Å². The second-order valence-electron chi connectivity index (χ2n) is 4.38. The van der Waals surface area contributed by atoms with Crippen LogP contribution in [0.15, 0.2) is 36.4 Å². The SMILES string of the molecule is CNCc1ccc(-c2cccc(OC)c2OC)cc1F. The number of para-hydroxylation sites is 1. The smallest absolute Gasteiger partial charge is 0.168 e. The fourth-order valence-corrected chi connectivity index (χ4v) is 2.16. The molecule has 2 aromatic rings. The first-order chi connectivity index (χ1) is 9.71. The Morgan fingerprint density at radius 3 is 2.50 bits per heavy atom. The van der Waals surface area contributed by atoms with Crippen LogP contribution >= 0.6 is 0 Å². The minimum absolute atomic E-state index is 0.235. The highest BCUT2D eigenvalue weighted by Crippen LogP contribution is 2.38. The number of hydrogen-bond donors (Lipinski definition) is 1. The molecule has 0 aromatic heterocycles. The van der Waals surface area contributed by atoms with Crippen LogP contribution in [0.4, 0.5) is 4.39 Å². The molecule has 3 nitrogen and oxygen atoms in total. The van der Waals surface area contributed by atoms with E-state index in [9.17, 15) is 4.39 Å². The molecule has 0 fully saturated rings. The van der Waals surface area contributed by atoms with Crippen molar-refractivity contribution in [1.82, 2.24) is 5.32 Å². The van der Waals surface area contributed by atoms with Gasteiger partial charge in [-0.1, -0.05) is 24.3 Å². The van der Waals surface area contributed by atoms with Crippen molar-refractivity contribution in [3.8, 4) is 22.6 Å². The molecular formula is C16H18FNO2. The number of nitrogens with one attached hydrogen (secondary N) is 1. The first-order valence-electron chi connectivity index (χ1n) is 6.35. The van der Waals surface area contributed by atoms with Crippen molar-refractivity contribution in [2.75, 3.05) is 21.3 Å². The van der Waals surface area contributed by atoms with Gasteiger partial charge in [-0.3, -0.25) is 0 Å². The van der Waals surface area contributed by atoms with Gasteiger partial charge in [0.15, 0.2) is 11.5 Å². The van der Waals surface area contributed by atoms with Gasteiger partial charge in [0, 0.05) is 17.7 Å². The van der Waals surface area contributed by atoms with Crippen molar-refractivity contribution < 1.29 is 13.9 Å². The van der Waals surface area contributed by atoms with Crippen LogP contribution < -0.4 is 14.8 Å². The summed E-state index contributed by atoms with van der Waals surface area (Å²) in [5.74, 6) is 1.00. The molecule has 0 saturated heterocycles. The average Bonchev–Trinajstić information content (AvgIpc) is 2.48. The van der Waals surface area contributed by atoms with Crippen molar-refractivity contribution >= 4 is 0 Å². The summed E-state index contributed by atoms with van der Waals surface area (Å²) in [7, 11) is 4.95. The van der Waals surface area contributed by atoms with E-state index in [0.29, 0.717) is 23.6 Å². The Balaban J connectivity index is 2.49. The second-order valence-corrected chi connectivity index (χ2v) is 4.38. The Morgan fingerprint density at radius 1 is 1.10 bits per heavy atom. The van der Waals surface area contributed by atoms with Gasteiger partial charge >= 0.3 is 0 Å². The summed E-state index contributed by atoms with van der Waals surface area (Å²) < 4.78 is 24.7. The molecule has 0 radical (unpaired) electrons. The van der Waals surface area contributed by atoms with Crippen LogP contribution in [-0.4, -0.2) is 21.3 Å². The van der Waals surface area contributed by atoms with E-state index < -0.39 is 0 Å². The number of halogens is 1. The molecule has 0 bridgehead atoms. The molecular weight excluding hydrogens is 257 g/mol. The molecule has 0 aliphatic rings. The van der Waals surface area contributed by atoms with Gasteiger partial charge in [-0.25, -0.2) is 4.39 Å². The van der Waals surface area contributed by atoms with Gasteiger partial charge in [-0.2, -0.15) is 0 Å². The third kappa shape index (κ3) is 2.75. The third-order valence-electron chi connectivity index (χ3n) is 3.13. The maximum Gasteiger partial charge on any atom is 0.168 e. The summed E-state index contributed by atoms with van der Waals surface area (Å²) in [5, 5.41) is 2.94. The lowest BCUT2D eigenvalue weighted by Crippen LogP contribution is -2.06. The zero-order valence-corrected chi connectivity index (χ0v) is 11.9. The molecule has 2 aromatic carbocycles. The Kier molecular flexibility index (Phi) is 4.58. The van der Waals surface area contributed by atoms with Crippen LogP contribution in [0.3, 0.4) is 0 Å². The highest BCUT2D eigenvalue weighted by molar-refractivity contribution is 5.74. The van der Waals surface area contributed by atoms with Crippen molar-refractivity contribution in [3.63, 3.8) is 0 Å². The number of hydrogen-bond acceptors (Lipinski definition) is 3. The molecule has 106 valence electrons. The van der Waals surface area contributed by atoms with Crippen molar-refractivity contribution in [1.29, 1.82) is 0 Å². The number of ether oxygens (including phenoxy) is 2. The van der Waals surface area contributed by atoms with E-state index in [1.807, 2.05) is 24.3 Å². The van der Waals surface area contributed by atoms with Gasteiger partial charge in [0.1, 0.15) is 5.82 Å². The van der Waals surface area contributed by atoms with Crippen molar-refractivity contribution in [2.24, 2.45) is 0 Å². The molecule has 1 N–H and O–H groups in total. The highest BCUT2D eigenvalue weighted by Gasteiger charge is 2.12. The average molecular weight is 275 g/mol. The number of methoxy groups -OCH3 is 2. The van der Waals surface area contributed by atoms with E-state index in [4.69, 9.17) is 9.47 Å². The van der Waals surface area contributed by atoms with E-state index in [1.165, 1.54) is 6.07 Å². The third-order valence-corrected chi connectivity index (χ3v) is 3.13. The van der Waals surface area contributed by atoms with Crippen LogP contribution in [0.5, 0.6) is 11.5 Å². The Labute approximate surface area is 118 Å². The molecule has 0 amide bonds. The first-order valence-corrected chi connectivity index (χ1v) is 6.35. The van der Waals surface area contributed by atoms with Gasteiger partial charge in [0.25, 0.3) is 0 Å². The molecule has 2 rings (SSSR count). The van der Waals surface area contributed by atoms with Crippen molar-refractivity contribution in [2.45, 2.75) is 6.54 Å². The molecule has 0 atom stereocenters. The highest BCUT2D eigenvalue weighted by atomic mass is 19.1. The minimum atomic E-state index is -0.235. The monoisotopic (exact) mass is 275 g/mol. The topological polar surface area (TPSA) is 30.5 Å². The molecule has 0 aliphatic heterocycles. The Hall–Kier alpha value is -2.07. The van der Waals surface area contributed by atoms with Crippen molar-refractivity contribution in [3.05, 3.63) is 47.8 Å². The Morgan fingerprint density at radius 2 is 1.90 bits per heavy atom. The lowest BCUT2D eigenvalue weighted by atomic mass is 10.0. The standard InChI is InChI=1S/C16H18FNO2/c1-18-10-12-8-7-11(9-14(12)17)13-5-4-6-15(19-2)16(13)20-3/h4-9,18H,10H2,1-3H3. The van der Waals surface area contributed by atoms with Gasteiger partial charge in [-0.05, 0) is 24.7 Å². The van der Waals surface area contributed by atoms with E-state index in [1.54, 1.807) is 27.3 Å².